The van der Waals surface area contributed by atoms with Gasteiger partial charge in [-0.1, -0.05) is 38.0 Å². The molecule has 1 aliphatic heterocycles. The quantitative estimate of drug-likeness (QED) is 0.183. The SMILES string of the molecule is CCCCCNc1nc(N)nc2ccn(Cc3cc(C=C[C@@H]4C[C@H](CC(=O)OC(C)(C)C)OC(C)(C)O4)ccc3OC)c12. The van der Waals surface area contributed by atoms with Crippen molar-refractivity contribution in [3.8, 4) is 5.75 Å². The van der Waals surface area contributed by atoms with E-state index in [0.29, 0.717) is 13.0 Å². The highest BCUT2D eigenvalue weighted by molar-refractivity contribution is 5.87. The summed E-state index contributed by atoms with van der Waals surface area (Å²) in [6, 6.07) is 8.05. The van der Waals surface area contributed by atoms with E-state index in [2.05, 4.69) is 32.8 Å². The van der Waals surface area contributed by atoms with E-state index in [9.17, 15) is 4.79 Å². The average molecular weight is 594 g/mol. The summed E-state index contributed by atoms with van der Waals surface area (Å²) in [6.45, 7) is 12.9. The molecule has 0 amide bonds. The number of anilines is 2. The van der Waals surface area contributed by atoms with Crippen molar-refractivity contribution in [1.82, 2.24) is 14.5 Å². The second kappa shape index (κ2) is 13.8. The van der Waals surface area contributed by atoms with E-state index in [1.807, 2.05) is 71.2 Å². The van der Waals surface area contributed by atoms with Crippen LogP contribution in [0.4, 0.5) is 11.8 Å². The van der Waals surface area contributed by atoms with E-state index in [0.717, 1.165) is 59.5 Å². The molecule has 10 heteroatoms. The molecule has 234 valence electrons. The number of nitrogens with zero attached hydrogens (tertiary/aromatic N) is 3. The number of ether oxygens (including phenoxy) is 4. The van der Waals surface area contributed by atoms with Gasteiger partial charge in [0.25, 0.3) is 0 Å². The number of esters is 1. The first-order chi connectivity index (χ1) is 20.4. The van der Waals surface area contributed by atoms with Crippen molar-refractivity contribution in [2.24, 2.45) is 0 Å². The maximum Gasteiger partial charge on any atom is 0.308 e. The number of unbranched alkanes of at least 4 members (excludes halogenated alkanes) is 2. The summed E-state index contributed by atoms with van der Waals surface area (Å²) < 4.78 is 25.6. The predicted octanol–water partition coefficient (Wildman–Crippen LogP) is 6.33. The number of rotatable bonds is 12. The number of carbonyl (C=O) groups is 1. The minimum atomic E-state index is -0.825. The molecule has 43 heavy (non-hydrogen) atoms. The van der Waals surface area contributed by atoms with Crippen LogP contribution in [0.15, 0.2) is 36.5 Å². The third kappa shape index (κ3) is 9.18. The summed E-state index contributed by atoms with van der Waals surface area (Å²) >= 11 is 0. The second-order valence-corrected chi connectivity index (χ2v) is 12.5. The summed E-state index contributed by atoms with van der Waals surface area (Å²) in [4.78, 5) is 21.4. The average Bonchev–Trinajstić information content (AvgIpc) is 3.30. The summed E-state index contributed by atoms with van der Waals surface area (Å²) in [5.74, 6) is 0.670. The van der Waals surface area contributed by atoms with Crippen LogP contribution < -0.4 is 15.8 Å². The van der Waals surface area contributed by atoms with Crippen molar-refractivity contribution < 1.29 is 23.7 Å². The number of nitrogens with one attached hydrogen (secondary N) is 1. The van der Waals surface area contributed by atoms with Gasteiger partial charge in [0.05, 0.1) is 37.8 Å². The molecule has 1 aromatic carbocycles. The highest BCUT2D eigenvalue weighted by Gasteiger charge is 2.36. The van der Waals surface area contributed by atoms with Gasteiger partial charge in [-0.2, -0.15) is 4.98 Å². The monoisotopic (exact) mass is 593 g/mol. The van der Waals surface area contributed by atoms with Gasteiger partial charge in [0, 0.05) is 24.7 Å². The zero-order valence-corrected chi connectivity index (χ0v) is 26.6. The molecule has 0 unspecified atom stereocenters. The van der Waals surface area contributed by atoms with Crippen LogP contribution in [0.1, 0.15) is 84.8 Å². The van der Waals surface area contributed by atoms with Crippen LogP contribution in [0.3, 0.4) is 0 Å². The van der Waals surface area contributed by atoms with Gasteiger partial charge >= 0.3 is 5.97 Å². The Bertz CT molecular complexity index is 1430. The van der Waals surface area contributed by atoms with E-state index in [-0.39, 0.29) is 30.5 Å². The predicted molar refractivity (Wildman–Crippen MR) is 170 cm³/mol. The van der Waals surface area contributed by atoms with Crippen molar-refractivity contribution in [1.29, 1.82) is 0 Å². The Hall–Kier alpha value is -3.63. The largest absolute Gasteiger partial charge is 0.496 e. The Morgan fingerprint density at radius 3 is 2.72 bits per heavy atom. The molecule has 3 heterocycles. The Labute approximate surface area is 255 Å². The summed E-state index contributed by atoms with van der Waals surface area (Å²) in [5, 5.41) is 3.46. The maximum atomic E-state index is 12.5. The van der Waals surface area contributed by atoms with Crippen molar-refractivity contribution in [2.75, 3.05) is 24.7 Å². The fraction of sp³-hybridized carbons (Fsp3) is 0.545. The molecule has 2 atom stereocenters. The van der Waals surface area contributed by atoms with E-state index < -0.39 is 11.4 Å². The number of aromatic nitrogens is 3. The standard InChI is InChI=1S/C33H47N5O5/c1-8-9-10-16-35-30-29-26(36-31(34)37-30)15-17-38(29)21-23-18-22(12-14-27(23)40-7)11-13-24-19-25(42-33(5,6)41-24)20-28(39)43-32(2,3)4/h11-15,17-18,24-25H,8-10,16,19-21H2,1-7H3,(H3,34,35,36,37)/t24-,25-/m1/s1. The molecule has 3 N–H and O–H groups in total. The highest BCUT2D eigenvalue weighted by atomic mass is 16.7. The lowest BCUT2D eigenvalue weighted by atomic mass is 10.0. The van der Waals surface area contributed by atoms with Crippen LogP contribution in [0, 0.1) is 0 Å². The summed E-state index contributed by atoms with van der Waals surface area (Å²) in [5.41, 5.74) is 9.18. The summed E-state index contributed by atoms with van der Waals surface area (Å²) in [7, 11) is 1.68. The van der Waals surface area contributed by atoms with E-state index in [1.54, 1.807) is 7.11 Å². The molecular formula is C33H47N5O5. The molecule has 0 radical (unpaired) electrons. The summed E-state index contributed by atoms with van der Waals surface area (Å²) in [6.07, 6.45) is 9.62. The molecule has 3 aromatic rings. The van der Waals surface area contributed by atoms with Crippen LogP contribution in [-0.2, 0) is 25.5 Å². The minimum absolute atomic E-state index is 0.177. The van der Waals surface area contributed by atoms with E-state index >= 15 is 0 Å². The molecule has 0 aliphatic carbocycles. The fourth-order valence-electron chi connectivity index (χ4n) is 5.35. The number of fused-ring (bicyclic) bond motifs is 1. The molecule has 0 saturated carbocycles. The van der Waals surface area contributed by atoms with Gasteiger partial charge in [-0.3, -0.25) is 4.79 Å². The zero-order chi connectivity index (χ0) is 31.2. The lowest BCUT2D eigenvalue weighted by molar-refractivity contribution is -0.290. The Morgan fingerprint density at radius 2 is 2.00 bits per heavy atom. The highest BCUT2D eigenvalue weighted by Crippen LogP contribution is 2.31. The number of nitrogens with two attached hydrogens (primary N) is 1. The molecule has 4 rings (SSSR count). The molecule has 10 nitrogen and oxygen atoms in total. The molecule has 1 aliphatic rings. The third-order valence-corrected chi connectivity index (χ3v) is 7.04. The zero-order valence-electron chi connectivity index (χ0n) is 26.6. The Balaban J connectivity index is 1.52. The van der Waals surface area contributed by atoms with Crippen LogP contribution in [-0.4, -0.2) is 57.8 Å². The number of methoxy groups -OCH3 is 1. The third-order valence-electron chi connectivity index (χ3n) is 7.04. The van der Waals surface area contributed by atoms with Crippen LogP contribution in [0.5, 0.6) is 5.75 Å². The topological polar surface area (TPSA) is 123 Å². The van der Waals surface area contributed by atoms with Crippen LogP contribution in [0.2, 0.25) is 0 Å². The first kappa shape index (κ1) is 32.3. The van der Waals surface area contributed by atoms with E-state index in [1.165, 1.54) is 0 Å². The van der Waals surface area contributed by atoms with Crippen molar-refractivity contribution in [2.45, 2.75) is 104 Å². The first-order valence-corrected chi connectivity index (χ1v) is 15.1. The van der Waals surface area contributed by atoms with Crippen molar-refractivity contribution in [3.05, 3.63) is 47.7 Å². The van der Waals surface area contributed by atoms with Gasteiger partial charge in [0.1, 0.15) is 16.9 Å². The molecular weight excluding hydrogens is 546 g/mol. The van der Waals surface area contributed by atoms with Gasteiger partial charge < -0.3 is 34.6 Å². The number of hydrogen-bond acceptors (Lipinski definition) is 9. The minimum Gasteiger partial charge on any atom is -0.496 e. The van der Waals surface area contributed by atoms with Crippen molar-refractivity contribution in [3.63, 3.8) is 0 Å². The smallest absolute Gasteiger partial charge is 0.308 e. The lowest BCUT2D eigenvalue weighted by Crippen LogP contribution is -2.45. The van der Waals surface area contributed by atoms with Gasteiger partial charge in [-0.05, 0) is 64.8 Å². The van der Waals surface area contributed by atoms with E-state index in [4.69, 9.17) is 24.7 Å². The number of nitrogen functional groups attached to an aromatic ring is 1. The fourth-order valence-corrected chi connectivity index (χ4v) is 5.35. The Kier molecular flexibility index (Phi) is 10.3. The molecule has 0 bridgehead atoms. The van der Waals surface area contributed by atoms with Crippen LogP contribution in [0.25, 0.3) is 17.1 Å². The number of hydrogen-bond donors (Lipinski definition) is 2. The number of benzene rings is 1. The Morgan fingerprint density at radius 1 is 1.21 bits per heavy atom. The number of carbonyl (C=O) groups excluding carboxylic acids is 1. The van der Waals surface area contributed by atoms with Crippen molar-refractivity contribution >= 4 is 34.8 Å². The molecule has 0 spiro atoms. The second-order valence-electron chi connectivity index (χ2n) is 12.5. The molecule has 1 fully saturated rings. The van der Waals surface area contributed by atoms with Gasteiger partial charge in [-0.25, -0.2) is 4.98 Å². The van der Waals surface area contributed by atoms with Gasteiger partial charge in [-0.15, -0.1) is 0 Å². The normalized spacial score (nSPS) is 18.7. The molecule has 1 saturated heterocycles. The lowest BCUT2D eigenvalue weighted by Gasteiger charge is -2.39. The van der Waals surface area contributed by atoms with Gasteiger partial charge in [0.2, 0.25) is 5.95 Å². The maximum absolute atomic E-state index is 12.5. The molecule has 2 aromatic heterocycles. The first-order valence-electron chi connectivity index (χ1n) is 15.1. The van der Waals surface area contributed by atoms with Crippen LogP contribution >= 0.6 is 0 Å². The van der Waals surface area contributed by atoms with Gasteiger partial charge in [0.15, 0.2) is 11.6 Å².